The van der Waals surface area contributed by atoms with E-state index in [2.05, 4.69) is 38.3 Å². The molecule has 18 heavy (non-hydrogen) atoms. The van der Waals surface area contributed by atoms with Crippen LogP contribution in [0.2, 0.25) is 0 Å². The van der Waals surface area contributed by atoms with E-state index < -0.39 is 5.60 Å². The summed E-state index contributed by atoms with van der Waals surface area (Å²) in [5.41, 5.74) is -0.685. The molecule has 0 bridgehead atoms. The van der Waals surface area contributed by atoms with Crippen molar-refractivity contribution in [2.24, 2.45) is 0 Å². The lowest BCUT2D eigenvalue weighted by molar-refractivity contribution is 0.0444. The van der Waals surface area contributed by atoms with Crippen molar-refractivity contribution in [1.29, 1.82) is 0 Å². The Bertz CT molecular complexity index is 253. The largest absolute Gasteiger partial charge is 0.444 e. The van der Waals surface area contributed by atoms with Crippen molar-refractivity contribution in [3.8, 4) is 0 Å². The van der Waals surface area contributed by atoms with Gasteiger partial charge >= 0.3 is 6.09 Å². The summed E-state index contributed by atoms with van der Waals surface area (Å²) in [6.45, 7) is 14.8. The lowest BCUT2D eigenvalue weighted by Crippen LogP contribution is -2.55. The number of amides is 1. The Morgan fingerprint density at radius 2 is 1.67 bits per heavy atom. The second kappa shape index (κ2) is 6.98. The number of hydrogen-bond donors (Lipinski definition) is 2. The smallest absolute Gasteiger partial charge is 0.408 e. The van der Waals surface area contributed by atoms with Gasteiger partial charge in [0.25, 0.3) is 0 Å². The Morgan fingerprint density at radius 3 is 2.00 bits per heavy atom. The molecule has 0 aromatic rings. The van der Waals surface area contributed by atoms with Crippen LogP contribution in [0.5, 0.6) is 0 Å². The van der Waals surface area contributed by atoms with Gasteiger partial charge in [-0.2, -0.15) is 0 Å². The van der Waals surface area contributed by atoms with Crippen LogP contribution in [0.15, 0.2) is 0 Å². The summed E-state index contributed by atoms with van der Waals surface area (Å²) in [6, 6.07) is 0.405. The van der Waals surface area contributed by atoms with Crippen molar-refractivity contribution in [3.63, 3.8) is 0 Å². The standard InChI is InChI=1S/C14H30N2O2/c1-8-14(9-2,10-15-11(3)4)16-12(17)18-13(5,6)7/h11,15H,8-10H2,1-7H3,(H,16,17). The SMILES string of the molecule is CCC(CC)(CNC(C)C)NC(=O)OC(C)(C)C. The number of carbonyl (C=O) groups excluding carboxylic acids is 1. The quantitative estimate of drug-likeness (QED) is 0.770. The molecule has 0 fully saturated rings. The van der Waals surface area contributed by atoms with E-state index in [0.717, 1.165) is 19.4 Å². The van der Waals surface area contributed by atoms with Crippen LogP contribution in [0.1, 0.15) is 61.3 Å². The van der Waals surface area contributed by atoms with Crippen molar-refractivity contribution in [2.75, 3.05) is 6.54 Å². The molecule has 0 unspecified atom stereocenters. The monoisotopic (exact) mass is 258 g/mol. The van der Waals surface area contributed by atoms with Crippen LogP contribution in [-0.2, 0) is 4.74 Å². The molecule has 0 aliphatic carbocycles. The first-order valence-electron chi connectivity index (χ1n) is 6.88. The van der Waals surface area contributed by atoms with Gasteiger partial charge in [0.05, 0.1) is 5.54 Å². The Kier molecular flexibility index (Phi) is 6.68. The Balaban J connectivity index is 4.55. The molecule has 0 saturated heterocycles. The zero-order chi connectivity index (χ0) is 14.4. The zero-order valence-corrected chi connectivity index (χ0v) is 13.0. The summed E-state index contributed by atoms with van der Waals surface area (Å²) in [6.07, 6.45) is 1.42. The van der Waals surface area contributed by atoms with E-state index >= 15 is 0 Å². The summed E-state index contributed by atoms with van der Waals surface area (Å²) in [4.78, 5) is 11.9. The molecular formula is C14H30N2O2. The molecule has 0 rings (SSSR count). The van der Waals surface area contributed by atoms with E-state index in [1.807, 2.05) is 20.8 Å². The predicted molar refractivity (Wildman–Crippen MR) is 75.8 cm³/mol. The molecule has 108 valence electrons. The average molecular weight is 258 g/mol. The van der Waals surface area contributed by atoms with Gasteiger partial charge in [0, 0.05) is 12.6 Å². The first-order chi connectivity index (χ1) is 8.14. The summed E-state index contributed by atoms with van der Waals surface area (Å²) in [7, 11) is 0. The van der Waals surface area contributed by atoms with Gasteiger partial charge < -0.3 is 15.4 Å². The van der Waals surface area contributed by atoms with E-state index in [9.17, 15) is 4.79 Å². The van der Waals surface area contributed by atoms with Gasteiger partial charge in [-0.05, 0) is 33.6 Å². The van der Waals surface area contributed by atoms with Gasteiger partial charge in [-0.3, -0.25) is 0 Å². The van der Waals surface area contributed by atoms with Crippen molar-refractivity contribution in [1.82, 2.24) is 10.6 Å². The van der Waals surface area contributed by atoms with Crippen molar-refractivity contribution in [2.45, 2.75) is 78.5 Å². The molecule has 4 nitrogen and oxygen atoms in total. The minimum Gasteiger partial charge on any atom is -0.444 e. The van der Waals surface area contributed by atoms with Gasteiger partial charge in [0.2, 0.25) is 0 Å². The minimum atomic E-state index is -0.456. The van der Waals surface area contributed by atoms with Gasteiger partial charge in [-0.25, -0.2) is 4.79 Å². The fourth-order valence-electron chi connectivity index (χ4n) is 1.64. The maximum Gasteiger partial charge on any atom is 0.408 e. The maximum absolute atomic E-state index is 11.9. The van der Waals surface area contributed by atoms with Gasteiger partial charge in [0.1, 0.15) is 5.60 Å². The van der Waals surface area contributed by atoms with E-state index in [4.69, 9.17) is 4.74 Å². The molecule has 0 spiro atoms. The normalized spacial score (nSPS) is 12.7. The lowest BCUT2D eigenvalue weighted by atomic mass is 9.92. The Hall–Kier alpha value is -0.770. The number of hydrogen-bond acceptors (Lipinski definition) is 3. The molecule has 1 amide bonds. The van der Waals surface area contributed by atoms with Gasteiger partial charge in [-0.15, -0.1) is 0 Å². The van der Waals surface area contributed by atoms with Crippen LogP contribution >= 0.6 is 0 Å². The fourth-order valence-corrected chi connectivity index (χ4v) is 1.64. The number of alkyl carbamates (subject to hydrolysis) is 1. The van der Waals surface area contributed by atoms with Gasteiger partial charge in [0.15, 0.2) is 0 Å². The molecule has 4 heteroatoms. The highest BCUT2D eigenvalue weighted by Crippen LogP contribution is 2.16. The molecule has 0 saturated carbocycles. The molecule has 0 heterocycles. The molecule has 0 aromatic carbocycles. The van der Waals surface area contributed by atoms with Gasteiger partial charge in [-0.1, -0.05) is 27.7 Å². The van der Waals surface area contributed by atoms with Crippen LogP contribution in [0.3, 0.4) is 0 Å². The number of rotatable bonds is 6. The first-order valence-corrected chi connectivity index (χ1v) is 6.88. The van der Waals surface area contributed by atoms with E-state index in [0.29, 0.717) is 6.04 Å². The van der Waals surface area contributed by atoms with Crippen LogP contribution in [0.25, 0.3) is 0 Å². The molecule has 0 aromatic heterocycles. The Labute approximate surface area is 112 Å². The predicted octanol–water partition coefficient (Wildman–Crippen LogP) is 3.07. The molecular weight excluding hydrogens is 228 g/mol. The number of nitrogens with one attached hydrogen (secondary N) is 2. The van der Waals surface area contributed by atoms with Crippen molar-refractivity contribution < 1.29 is 9.53 Å². The van der Waals surface area contributed by atoms with E-state index in [-0.39, 0.29) is 11.6 Å². The molecule has 0 aliphatic heterocycles. The molecule has 0 atom stereocenters. The minimum absolute atomic E-state index is 0.230. The molecule has 0 radical (unpaired) electrons. The highest BCUT2D eigenvalue weighted by molar-refractivity contribution is 5.68. The number of carbonyl (C=O) groups is 1. The fraction of sp³-hybridized carbons (Fsp3) is 0.929. The lowest BCUT2D eigenvalue weighted by Gasteiger charge is -2.34. The summed E-state index contributed by atoms with van der Waals surface area (Å²) < 4.78 is 5.33. The third-order valence-corrected chi connectivity index (χ3v) is 2.97. The first kappa shape index (κ1) is 17.2. The summed E-state index contributed by atoms with van der Waals surface area (Å²) in [5, 5.41) is 6.40. The number of ether oxygens (including phenoxy) is 1. The van der Waals surface area contributed by atoms with Crippen LogP contribution in [0.4, 0.5) is 4.79 Å². The highest BCUT2D eigenvalue weighted by atomic mass is 16.6. The van der Waals surface area contributed by atoms with Crippen LogP contribution in [0, 0.1) is 0 Å². The third-order valence-electron chi connectivity index (χ3n) is 2.97. The summed E-state index contributed by atoms with van der Waals surface area (Å²) >= 11 is 0. The van der Waals surface area contributed by atoms with Crippen molar-refractivity contribution >= 4 is 6.09 Å². The van der Waals surface area contributed by atoms with Crippen molar-refractivity contribution in [3.05, 3.63) is 0 Å². The summed E-state index contributed by atoms with van der Waals surface area (Å²) in [5.74, 6) is 0. The van der Waals surface area contributed by atoms with E-state index in [1.165, 1.54) is 0 Å². The van der Waals surface area contributed by atoms with E-state index in [1.54, 1.807) is 0 Å². The topological polar surface area (TPSA) is 50.4 Å². The maximum atomic E-state index is 11.9. The molecule has 2 N–H and O–H groups in total. The second-order valence-electron chi connectivity index (χ2n) is 6.15. The Morgan fingerprint density at radius 1 is 1.17 bits per heavy atom. The third kappa shape index (κ3) is 6.84. The zero-order valence-electron chi connectivity index (χ0n) is 13.0. The van der Waals surface area contributed by atoms with Crippen LogP contribution < -0.4 is 10.6 Å². The highest BCUT2D eigenvalue weighted by Gasteiger charge is 2.30. The average Bonchev–Trinajstić information content (AvgIpc) is 2.21. The second-order valence-corrected chi connectivity index (χ2v) is 6.15. The molecule has 0 aliphatic rings. The van der Waals surface area contributed by atoms with Crippen LogP contribution in [-0.4, -0.2) is 29.8 Å².